The van der Waals surface area contributed by atoms with E-state index >= 15 is 0 Å². The molecule has 2 aromatic carbocycles. The van der Waals surface area contributed by atoms with Gasteiger partial charge in [-0.15, -0.1) is 0 Å². The Balaban J connectivity index is 1.74. The Hall–Kier alpha value is -3.35. The molecule has 2 N–H and O–H groups in total. The monoisotopic (exact) mass is 366 g/mol. The SMILES string of the molecule is CCNC(=NCc1ccccc1[N+](=O)[O-])NCc1oc2ccccc2c1C. The third-order valence-corrected chi connectivity index (χ3v) is 4.30. The van der Waals surface area contributed by atoms with Crippen LogP contribution in [0.3, 0.4) is 0 Å². The lowest BCUT2D eigenvalue weighted by Crippen LogP contribution is -2.36. The number of aliphatic imine (C=N–C) groups is 1. The molecule has 0 fully saturated rings. The molecule has 1 aromatic heterocycles. The molecule has 0 radical (unpaired) electrons. The molecular weight excluding hydrogens is 344 g/mol. The predicted molar refractivity (Wildman–Crippen MR) is 106 cm³/mol. The Morgan fingerprint density at radius 3 is 2.63 bits per heavy atom. The van der Waals surface area contributed by atoms with Gasteiger partial charge in [-0.3, -0.25) is 10.1 Å². The molecule has 0 unspecified atom stereocenters. The maximum Gasteiger partial charge on any atom is 0.274 e. The van der Waals surface area contributed by atoms with Crippen molar-refractivity contribution in [2.45, 2.75) is 26.9 Å². The first-order chi connectivity index (χ1) is 13.1. The molecule has 0 saturated heterocycles. The molecule has 0 atom stereocenters. The van der Waals surface area contributed by atoms with Crippen molar-refractivity contribution in [1.29, 1.82) is 0 Å². The van der Waals surface area contributed by atoms with Gasteiger partial charge in [-0.05, 0) is 19.9 Å². The molecule has 3 aromatic rings. The molecule has 0 aliphatic rings. The first-order valence-electron chi connectivity index (χ1n) is 8.81. The van der Waals surface area contributed by atoms with Crippen molar-refractivity contribution in [2.24, 2.45) is 4.99 Å². The van der Waals surface area contributed by atoms with Crippen LogP contribution in [0.5, 0.6) is 0 Å². The van der Waals surface area contributed by atoms with E-state index < -0.39 is 0 Å². The molecule has 3 rings (SSSR count). The van der Waals surface area contributed by atoms with Crippen LogP contribution in [-0.4, -0.2) is 17.4 Å². The number of nitrogens with one attached hydrogen (secondary N) is 2. The second kappa shape index (κ2) is 8.35. The van der Waals surface area contributed by atoms with Crippen molar-refractivity contribution in [3.8, 4) is 0 Å². The predicted octanol–water partition coefficient (Wildman–Crippen LogP) is 3.90. The van der Waals surface area contributed by atoms with Crippen LogP contribution in [0.1, 0.15) is 23.8 Å². The number of para-hydroxylation sites is 2. The highest BCUT2D eigenvalue weighted by molar-refractivity contribution is 5.83. The number of nitro groups is 1. The quantitative estimate of drug-likeness (QED) is 0.299. The van der Waals surface area contributed by atoms with Gasteiger partial charge in [-0.25, -0.2) is 4.99 Å². The van der Waals surface area contributed by atoms with Crippen molar-refractivity contribution in [3.05, 3.63) is 75.5 Å². The zero-order valence-electron chi connectivity index (χ0n) is 15.4. The van der Waals surface area contributed by atoms with Crippen molar-refractivity contribution in [2.75, 3.05) is 6.54 Å². The van der Waals surface area contributed by atoms with Crippen molar-refractivity contribution in [3.63, 3.8) is 0 Å². The summed E-state index contributed by atoms with van der Waals surface area (Å²) in [5.41, 5.74) is 2.59. The van der Waals surface area contributed by atoms with Gasteiger partial charge in [0.15, 0.2) is 5.96 Å². The van der Waals surface area contributed by atoms with Gasteiger partial charge < -0.3 is 15.1 Å². The largest absolute Gasteiger partial charge is 0.459 e. The smallest absolute Gasteiger partial charge is 0.274 e. The van der Waals surface area contributed by atoms with E-state index in [1.54, 1.807) is 18.2 Å². The van der Waals surface area contributed by atoms with Gasteiger partial charge in [-0.2, -0.15) is 0 Å². The number of nitrogens with zero attached hydrogens (tertiary/aromatic N) is 2. The Morgan fingerprint density at radius 1 is 1.15 bits per heavy atom. The van der Waals surface area contributed by atoms with Gasteiger partial charge in [0.25, 0.3) is 5.69 Å². The maximum atomic E-state index is 11.1. The van der Waals surface area contributed by atoms with E-state index in [-0.39, 0.29) is 17.2 Å². The van der Waals surface area contributed by atoms with Crippen LogP contribution in [0.25, 0.3) is 11.0 Å². The Bertz CT molecular complexity index is 978. The van der Waals surface area contributed by atoms with Crippen LogP contribution in [0, 0.1) is 17.0 Å². The third kappa shape index (κ3) is 4.25. The Morgan fingerprint density at radius 2 is 1.89 bits per heavy atom. The molecular formula is C20H22N4O3. The van der Waals surface area contributed by atoms with E-state index in [1.807, 2.05) is 38.1 Å². The van der Waals surface area contributed by atoms with E-state index in [9.17, 15) is 10.1 Å². The summed E-state index contributed by atoms with van der Waals surface area (Å²) in [7, 11) is 0. The highest BCUT2D eigenvalue weighted by atomic mass is 16.6. The summed E-state index contributed by atoms with van der Waals surface area (Å²) >= 11 is 0. The first kappa shape index (κ1) is 18.4. The molecule has 140 valence electrons. The van der Waals surface area contributed by atoms with Crippen molar-refractivity contribution in [1.82, 2.24) is 10.6 Å². The van der Waals surface area contributed by atoms with Crippen LogP contribution >= 0.6 is 0 Å². The fourth-order valence-electron chi connectivity index (χ4n) is 2.89. The van der Waals surface area contributed by atoms with Crippen molar-refractivity contribution < 1.29 is 9.34 Å². The number of fused-ring (bicyclic) bond motifs is 1. The number of rotatable bonds is 6. The van der Waals surface area contributed by atoms with E-state index in [4.69, 9.17) is 4.42 Å². The van der Waals surface area contributed by atoms with E-state index in [2.05, 4.69) is 15.6 Å². The van der Waals surface area contributed by atoms with Crippen LogP contribution in [0.4, 0.5) is 5.69 Å². The molecule has 0 bridgehead atoms. The minimum atomic E-state index is -0.386. The first-order valence-corrected chi connectivity index (χ1v) is 8.81. The van der Waals surface area contributed by atoms with Gasteiger partial charge in [0.2, 0.25) is 0 Å². The third-order valence-electron chi connectivity index (χ3n) is 4.30. The molecule has 1 heterocycles. The number of hydrogen-bond donors (Lipinski definition) is 2. The average Bonchev–Trinajstić information content (AvgIpc) is 3.00. The summed E-state index contributed by atoms with van der Waals surface area (Å²) in [5, 5.41) is 18.6. The number of nitro benzene ring substituents is 1. The summed E-state index contributed by atoms with van der Waals surface area (Å²) in [6.45, 7) is 5.37. The van der Waals surface area contributed by atoms with Crippen molar-refractivity contribution >= 4 is 22.6 Å². The number of furan rings is 1. The Kier molecular flexibility index (Phi) is 5.71. The van der Waals surface area contributed by atoms with Gasteiger partial charge in [0.05, 0.1) is 23.6 Å². The van der Waals surface area contributed by atoms with Gasteiger partial charge in [0, 0.05) is 23.6 Å². The maximum absolute atomic E-state index is 11.1. The zero-order chi connectivity index (χ0) is 19.2. The topological polar surface area (TPSA) is 92.7 Å². The fourth-order valence-corrected chi connectivity index (χ4v) is 2.89. The van der Waals surface area contributed by atoms with Gasteiger partial charge in [-0.1, -0.05) is 36.4 Å². The molecule has 7 nitrogen and oxygen atoms in total. The molecule has 0 aliphatic carbocycles. The summed E-state index contributed by atoms with van der Waals surface area (Å²) in [4.78, 5) is 15.2. The molecule has 0 aliphatic heterocycles. The minimum Gasteiger partial charge on any atom is -0.459 e. The van der Waals surface area contributed by atoms with Crippen LogP contribution < -0.4 is 10.6 Å². The number of hydrogen-bond acceptors (Lipinski definition) is 4. The molecule has 7 heteroatoms. The number of benzene rings is 2. The van der Waals surface area contributed by atoms with Gasteiger partial charge >= 0.3 is 0 Å². The summed E-state index contributed by atoms with van der Waals surface area (Å²) < 4.78 is 5.91. The molecule has 0 saturated carbocycles. The lowest BCUT2D eigenvalue weighted by molar-refractivity contribution is -0.385. The molecule has 27 heavy (non-hydrogen) atoms. The normalized spacial score (nSPS) is 11.6. The second-order valence-electron chi connectivity index (χ2n) is 6.08. The lowest BCUT2D eigenvalue weighted by atomic mass is 10.1. The molecule has 0 spiro atoms. The average molecular weight is 366 g/mol. The van der Waals surface area contributed by atoms with Crippen LogP contribution in [0.2, 0.25) is 0 Å². The number of guanidine groups is 1. The summed E-state index contributed by atoms with van der Waals surface area (Å²) in [6, 6.07) is 14.5. The molecule has 0 amide bonds. The standard InChI is InChI=1S/C20H22N4O3/c1-3-21-20(22-12-15-8-4-6-10-17(15)24(25)26)23-13-19-14(2)16-9-5-7-11-18(16)27-19/h4-11H,3,12-13H2,1-2H3,(H2,21,22,23). The van der Waals surface area contributed by atoms with Crippen LogP contribution in [-0.2, 0) is 13.1 Å². The fraction of sp³-hybridized carbons (Fsp3) is 0.250. The summed E-state index contributed by atoms with van der Waals surface area (Å²) in [5.74, 6) is 1.42. The summed E-state index contributed by atoms with van der Waals surface area (Å²) in [6.07, 6.45) is 0. The van der Waals surface area contributed by atoms with E-state index in [0.717, 1.165) is 22.3 Å². The highest BCUT2D eigenvalue weighted by Gasteiger charge is 2.13. The number of aryl methyl sites for hydroxylation is 1. The highest BCUT2D eigenvalue weighted by Crippen LogP contribution is 2.24. The Labute approximate surface area is 157 Å². The van der Waals surface area contributed by atoms with Crippen LogP contribution in [0.15, 0.2) is 57.9 Å². The lowest BCUT2D eigenvalue weighted by Gasteiger charge is -2.10. The zero-order valence-corrected chi connectivity index (χ0v) is 15.4. The second-order valence-corrected chi connectivity index (χ2v) is 6.08. The van der Waals surface area contributed by atoms with E-state index in [1.165, 1.54) is 6.07 Å². The minimum absolute atomic E-state index is 0.0743. The van der Waals surface area contributed by atoms with E-state index in [0.29, 0.717) is 24.6 Å². The van der Waals surface area contributed by atoms with Gasteiger partial charge in [0.1, 0.15) is 11.3 Å².